The molecule has 9 heteroatoms. The smallest absolute Gasteiger partial charge is 0.328 e. The predicted molar refractivity (Wildman–Crippen MR) is 119 cm³/mol. The highest BCUT2D eigenvalue weighted by molar-refractivity contribution is 7.90. The van der Waals surface area contributed by atoms with Crippen LogP contribution in [-0.4, -0.2) is 39.1 Å². The van der Waals surface area contributed by atoms with Crippen molar-refractivity contribution in [1.82, 2.24) is 20.7 Å². The minimum atomic E-state index is -3.92. The molecule has 0 radical (unpaired) electrons. The Morgan fingerprint density at radius 2 is 1.29 bits per heavy atom. The summed E-state index contributed by atoms with van der Waals surface area (Å²) in [5.41, 5.74) is 0.906. The molecule has 0 aromatic heterocycles. The molecular formula is C22H34N4O4S. The highest BCUT2D eigenvalue weighted by Crippen LogP contribution is 2.18. The molecule has 0 spiro atoms. The Labute approximate surface area is 185 Å². The molecule has 1 aromatic rings. The average Bonchev–Trinajstić information content (AvgIpc) is 2.75. The number of amides is 4. The summed E-state index contributed by atoms with van der Waals surface area (Å²) in [6, 6.07) is 5.84. The molecule has 0 unspecified atom stereocenters. The van der Waals surface area contributed by atoms with Crippen molar-refractivity contribution in [3.8, 4) is 0 Å². The second-order valence-electron chi connectivity index (χ2n) is 8.54. The fourth-order valence-corrected chi connectivity index (χ4v) is 5.20. The summed E-state index contributed by atoms with van der Waals surface area (Å²) < 4.78 is 27.0. The number of nitrogens with one attached hydrogen (secondary N) is 4. The van der Waals surface area contributed by atoms with E-state index in [1.807, 2.05) is 0 Å². The van der Waals surface area contributed by atoms with E-state index in [4.69, 9.17) is 0 Å². The monoisotopic (exact) mass is 450 g/mol. The molecule has 31 heavy (non-hydrogen) atoms. The highest BCUT2D eigenvalue weighted by Gasteiger charge is 2.21. The highest BCUT2D eigenvalue weighted by atomic mass is 32.2. The van der Waals surface area contributed by atoms with Gasteiger partial charge in [-0.3, -0.25) is 0 Å². The number of sulfonamides is 1. The van der Waals surface area contributed by atoms with E-state index in [9.17, 15) is 18.0 Å². The van der Waals surface area contributed by atoms with E-state index >= 15 is 0 Å². The maximum atomic E-state index is 12.5. The van der Waals surface area contributed by atoms with Gasteiger partial charge in [0.1, 0.15) is 0 Å². The third kappa shape index (κ3) is 7.72. The summed E-state index contributed by atoms with van der Waals surface area (Å²) in [6.07, 6.45) is 11.3. The van der Waals surface area contributed by atoms with Crippen LogP contribution in [0, 0.1) is 0 Å². The van der Waals surface area contributed by atoms with Gasteiger partial charge in [-0.15, -0.1) is 0 Å². The Balaban J connectivity index is 1.41. The average molecular weight is 451 g/mol. The summed E-state index contributed by atoms with van der Waals surface area (Å²) in [5, 5.41) is 8.61. The quantitative estimate of drug-likeness (QED) is 0.510. The molecule has 4 N–H and O–H groups in total. The van der Waals surface area contributed by atoms with Crippen LogP contribution in [0.2, 0.25) is 0 Å². The minimum absolute atomic E-state index is 0.0362. The van der Waals surface area contributed by atoms with Crippen LogP contribution in [0.5, 0.6) is 0 Å². The molecule has 0 heterocycles. The standard InChI is InChI=1S/C22H34N4O4S/c27-21(24-18-7-3-1-4-8-18)23-16-15-17-11-13-20(14-12-17)31(29,30)26-22(28)25-19-9-5-2-6-10-19/h11-14,18-19H,1-10,15-16H2,(H2,23,24,27)(H2,25,26,28). The van der Waals surface area contributed by atoms with E-state index in [1.165, 1.54) is 18.6 Å². The van der Waals surface area contributed by atoms with Crippen molar-refractivity contribution in [3.63, 3.8) is 0 Å². The SMILES string of the molecule is O=C(NCCc1ccc(S(=O)(=O)NC(=O)NC2CCCCC2)cc1)NC1CCCCC1. The summed E-state index contributed by atoms with van der Waals surface area (Å²) in [7, 11) is -3.92. The first-order valence-corrected chi connectivity index (χ1v) is 12.9. The van der Waals surface area contributed by atoms with Gasteiger partial charge in [-0.25, -0.2) is 22.7 Å². The largest absolute Gasteiger partial charge is 0.338 e. The van der Waals surface area contributed by atoms with Gasteiger partial charge in [-0.05, 0) is 49.8 Å². The van der Waals surface area contributed by atoms with Gasteiger partial charge in [0, 0.05) is 18.6 Å². The maximum absolute atomic E-state index is 12.5. The van der Waals surface area contributed by atoms with Crippen LogP contribution in [0.4, 0.5) is 9.59 Å². The molecule has 4 amide bonds. The van der Waals surface area contributed by atoms with Crippen LogP contribution >= 0.6 is 0 Å². The molecule has 0 bridgehead atoms. The van der Waals surface area contributed by atoms with Gasteiger partial charge in [0.2, 0.25) is 0 Å². The lowest BCUT2D eigenvalue weighted by atomic mass is 9.96. The second kappa shape index (κ2) is 11.4. The first kappa shape index (κ1) is 23.4. The lowest BCUT2D eigenvalue weighted by Gasteiger charge is -2.22. The third-order valence-corrected chi connectivity index (χ3v) is 7.39. The van der Waals surface area contributed by atoms with E-state index in [1.54, 1.807) is 12.1 Å². The van der Waals surface area contributed by atoms with Crippen molar-refractivity contribution in [1.29, 1.82) is 0 Å². The number of carbonyl (C=O) groups is 2. The van der Waals surface area contributed by atoms with Crippen LogP contribution in [-0.2, 0) is 16.4 Å². The van der Waals surface area contributed by atoms with Crippen molar-refractivity contribution in [3.05, 3.63) is 29.8 Å². The Hall–Kier alpha value is -2.29. The number of hydrogen-bond donors (Lipinski definition) is 4. The van der Waals surface area contributed by atoms with Gasteiger partial charge in [0.05, 0.1) is 4.90 Å². The molecule has 2 aliphatic carbocycles. The van der Waals surface area contributed by atoms with Crippen molar-refractivity contribution in [2.75, 3.05) is 6.54 Å². The van der Waals surface area contributed by atoms with Gasteiger partial charge in [0.25, 0.3) is 10.0 Å². The van der Waals surface area contributed by atoms with Crippen LogP contribution in [0.25, 0.3) is 0 Å². The number of urea groups is 2. The van der Waals surface area contributed by atoms with E-state index in [0.29, 0.717) is 13.0 Å². The predicted octanol–water partition coefficient (Wildman–Crippen LogP) is 3.18. The lowest BCUT2D eigenvalue weighted by molar-refractivity contribution is 0.232. The number of benzene rings is 1. The van der Waals surface area contributed by atoms with Gasteiger partial charge in [-0.2, -0.15) is 0 Å². The first-order valence-electron chi connectivity index (χ1n) is 11.4. The van der Waals surface area contributed by atoms with E-state index in [0.717, 1.165) is 63.4 Å². The zero-order valence-electron chi connectivity index (χ0n) is 18.0. The lowest BCUT2D eigenvalue weighted by Crippen LogP contribution is -2.45. The molecule has 172 valence electrons. The fourth-order valence-electron chi connectivity index (χ4n) is 4.28. The number of rotatable bonds is 7. The van der Waals surface area contributed by atoms with Gasteiger partial charge < -0.3 is 16.0 Å². The molecule has 2 fully saturated rings. The Morgan fingerprint density at radius 3 is 1.84 bits per heavy atom. The Kier molecular flexibility index (Phi) is 8.57. The zero-order chi connectivity index (χ0) is 22.1. The van der Waals surface area contributed by atoms with Crippen molar-refractivity contribution >= 4 is 22.1 Å². The topological polar surface area (TPSA) is 116 Å². The maximum Gasteiger partial charge on any atom is 0.328 e. The summed E-state index contributed by atoms with van der Waals surface area (Å²) in [5.74, 6) is 0. The first-order chi connectivity index (χ1) is 14.9. The van der Waals surface area contributed by atoms with Gasteiger partial charge in [-0.1, -0.05) is 50.7 Å². The molecule has 1 aromatic carbocycles. The fraction of sp³-hybridized carbons (Fsp3) is 0.636. The Bertz CT molecular complexity index is 830. The second-order valence-corrected chi connectivity index (χ2v) is 10.2. The van der Waals surface area contributed by atoms with Crippen molar-refractivity contribution < 1.29 is 18.0 Å². The van der Waals surface area contributed by atoms with Crippen LogP contribution in [0.3, 0.4) is 0 Å². The molecule has 3 rings (SSSR count). The Morgan fingerprint density at radius 1 is 0.774 bits per heavy atom. The normalized spacial score (nSPS) is 18.2. The van der Waals surface area contributed by atoms with Crippen molar-refractivity contribution in [2.24, 2.45) is 0 Å². The van der Waals surface area contributed by atoms with E-state index in [2.05, 4.69) is 20.7 Å². The molecule has 0 saturated heterocycles. The number of hydrogen-bond acceptors (Lipinski definition) is 4. The molecule has 2 saturated carbocycles. The molecule has 0 atom stereocenters. The van der Waals surface area contributed by atoms with E-state index in [-0.39, 0.29) is 23.0 Å². The molecule has 2 aliphatic rings. The molecular weight excluding hydrogens is 416 g/mol. The summed E-state index contributed by atoms with van der Waals surface area (Å²) >= 11 is 0. The minimum Gasteiger partial charge on any atom is -0.338 e. The van der Waals surface area contributed by atoms with Gasteiger partial charge in [0.15, 0.2) is 0 Å². The van der Waals surface area contributed by atoms with Crippen LogP contribution in [0.15, 0.2) is 29.2 Å². The third-order valence-electron chi connectivity index (χ3n) is 6.04. The number of carbonyl (C=O) groups excluding carboxylic acids is 2. The summed E-state index contributed by atoms with van der Waals surface area (Å²) in [6.45, 7) is 0.465. The van der Waals surface area contributed by atoms with Gasteiger partial charge >= 0.3 is 12.1 Å². The summed E-state index contributed by atoms with van der Waals surface area (Å²) in [4.78, 5) is 24.1. The molecule has 0 aliphatic heterocycles. The zero-order valence-corrected chi connectivity index (χ0v) is 18.8. The molecule has 8 nitrogen and oxygen atoms in total. The van der Waals surface area contributed by atoms with Crippen molar-refractivity contribution in [2.45, 2.75) is 87.6 Å². The van der Waals surface area contributed by atoms with E-state index < -0.39 is 16.1 Å². The van der Waals surface area contributed by atoms with Crippen LogP contribution < -0.4 is 20.7 Å². The van der Waals surface area contributed by atoms with Crippen LogP contribution in [0.1, 0.15) is 69.8 Å².